The van der Waals surface area contributed by atoms with Gasteiger partial charge in [0.1, 0.15) is 5.01 Å². The summed E-state index contributed by atoms with van der Waals surface area (Å²) in [6.07, 6.45) is 1.85. The lowest BCUT2D eigenvalue weighted by Gasteiger charge is -2.25. The van der Waals surface area contributed by atoms with Gasteiger partial charge in [0, 0.05) is 17.3 Å². The third-order valence-corrected chi connectivity index (χ3v) is 4.27. The van der Waals surface area contributed by atoms with Gasteiger partial charge in [-0.1, -0.05) is 30.3 Å². The molecule has 0 aliphatic carbocycles. The summed E-state index contributed by atoms with van der Waals surface area (Å²) in [7, 11) is 0. The van der Waals surface area contributed by atoms with Gasteiger partial charge < -0.3 is 5.32 Å². The Hall–Kier alpha value is -1.87. The molecule has 3 aromatic rings. The van der Waals surface area contributed by atoms with E-state index in [1.54, 1.807) is 11.3 Å². The second-order valence-corrected chi connectivity index (χ2v) is 6.04. The minimum atomic E-state index is -0.156. The first-order valence-electron chi connectivity index (χ1n) is 6.32. The van der Waals surface area contributed by atoms with Crippen LogP contribution >= 0.6 is 11.3 Å². The lowest BCUT2D eigenvalue weighted by Crippen LogP contribution is -2.27. The summed E-state index contributed by atoms with van der Waals surface area (Å²) >= 11 is 1.68. The van der Waals surface area contributed by atoms with Gasteiger partial charge in [0.15, 0.2) is 0 Å². The van der Waals surface area contributed by atoms with Crippen LogP contribution in [0.1, 0.15) is 18.9 Å². The van der Waals surface area contributed by atoms with Crippen LogP contribution in [0.5, 0.6) is 0 Å². The highest BCUT2D eigenvalue weighted by Gasteiger charge is 2.22. The van der Waals surface area contributed by atoms with Gasteiger partial charge in [-0.2, -0.15) is 0 Å². The van der Waals surface area contributed by atoms with Crippen LogP contribution < -0.4 is 5.32 Å². The number of nitrogens with one attached hydrogen (secondary N) is 1. The Kier molecular flexibility index (Phi) is 2.99. The molecule has 1 aromatic heterocycles. The highest BCUT2D eigenvalue weighted by atomic mass is 32.1. The molecule has 0 atom stereocenters. The molecule has 96 valence electrons. The zero-order valence-corrected chi connectivity index (χ0v) is 11.9. The van der Waals surface area contributed by atoms with E-state index in [1.165, 1.54) is 10.8 Å². The largest absolute Gasteiger partial charge is 0.374 e. The maximum atomic E-state index is 4.40. The molecule has 0 amide bonds. The predicted molar refractivity (Wildman–Crippen MR) is 82.7 cm³/mol. The zero-order chi connectivity index (χ0) is 13.3. The number of hydrogen-bond acceptors (Lipinski definition) is 3. The number of anilines is 1. The minimum Gasteiger partial charge on any atom is -0.374 e. The van der Waals surface area contributed by atoms with Crippen molar-refractivity contribution in [1.82, 2.24) is 4.98 Å². The molecule has 0 unspecified atom stereocenters. The summed E-state index contributed by atoms with van der Waals surface area (Å²) in [6, 6.07) is 14.9. The van der Waals surface area contributed by atoms with Gasteiger partial charge in [0.2, 0.25) is 0 Å². The van der Waals surface area contributed by atoms with Crippen molar-refractivity contribution in [1.29, 1.82) is 0 Å². The molecule has 0 spiro atoms. The normalized spacial score (nSPS) is 11.7. The maximum absolute atomic E-state index is 4.40. The molecular formula is C16H16N2S. The second-order valence-electron chi connectivity index (χ2n) is 5.15. The number of thiazole rings is 1. The molecule has 0 aliphatic rings. The van der Waals surface area contributed by atoms with Crippen LogP contribution in [0.4, 0.5) is 5.69 Å². The van der Waals surface area contributed by atoms with Gasteiger partial charge in [0.25, 0.3) is 0 Å². The zero-order valence-electron chi connectivity index (χ0n) is 11.1. The molecule has 2 nitrogen and oxygen atoms in total. The highest BCUT2D eigenvalue weighted by molar-refractivity contribution is 7.09. The SMILES string of the molecule is CC(C)(Nc1ccc2ccccc2c1)c1nccs1. The lowest BCUT2D eigenvalue weighted by molar-refractivity contribution is 0.604. The van der Waals surface area contributed by atoms with E-state index in [1.807, 2.05) is 11.6 Å². The first-order chi connectivity index (χ1) is 9.15. The number of hydrogen-bond donors (Lipinski definition) is 1. The van der Waals surface area contributed by atoms with E-state index >= 15 is 0 Å². The minimum absolute atomic E-state index is 0.156. The van der Waals surface area contributed by atoms with E-state index < -0.39 is 0 Å². The van der Waals surface area contributed by atoms with Crippen molar-refractivity contribution in [2.45, 2.75) is 19.4 Å². The Labute approximate surface area is 117 Å². The van der Waals surface area contributed by atoms with E-state index in [0.29, 0.717) is 0 Å². The van der Waals surface area contributed by atoms with Gasteiger partial charge >= 0.3 is 0 Å². The third kappa shape index (κ3) is 2.47. The van der Waals surface area contributed by atoms with Crippen LogP contribution in [-0.4, -0.2) is 4.98 Å². The number of benzene rings is 2. The van der Waals surface area contributed by atoms with Gasteiger partial charge in [-0.05, 0) is 36.8 Å². The fourth-order valence-corrected chi connectivity index (χ4v) is 2.93. The predicted octanol–water partition coefficient (Wildman–Crippen LogP) is 4.64. The molecule has 2 aromatic carbocycles. The average molecular weight is 268 g/mol. The third-order valence-electron chi connectivity index (χ3n) is 3.17. The summed E-state index contributed by atoms with van der Waals surface area (Å²) in [5.41, 5.74) is 0.968. The molecule has 19 heavy (non-hydrogen) atoms. The van der Waals surface area contributed by atoms with Gasteiger partial charge in [-0.25, -0.2) is 4.98 Å². The molecule has 1 N–H and O–H groups in total. The van der Waals surface area contributed by atoms with Crippen molar-refractivity contribution in [2.75, 3.05) is 5.32 Å². The maximum Gasteiger partial charge on any atom is 0.117 e. The Morgan fingerprint density at radius 3 is 2.58 bits per heavy atom. The average Bonchev–Trinajstić information content (AvgIpc) is 2.93. The number of aromatic nitrogens is 1. The van der Waals surface area contributed by atoms with Gasteiger partial charge in [0.05, 0.1) is 5.54 Å². The molecule has 0 saturated carbocycles. The van der Waals surface area contributed by atoms with Crippen LogP contribution in [0.3, 0.4) is 0 Å². The monoisotopic (exact) mass is 268 g/mol. The smallest absolute Gasteiger partial charge is 0.117 e. The summed E-state index contributed by atoms with van der Waals surface area (Å²) in [5.74, 6) is 0. The summed E-state index contributed by atoms with van der Waals surface area (Å²) in [4.78, 5) is 4.40. The fourth-order valence-electron chi connectivity index (χ4n) is 2.21. The first-order valence-corrected chi connectivity index (χ1v) is 7.20. The molecule has 1 heterocycles. The van der Waals surface area contributed by atoms with E-state index in [-0.39, 0.29) is 5.54 Å². The van der Waals surface area contributed by atoms with Crippen molar-refractivity contribution in [2.24, 2.45) is 0 Å². The van der Waals surface area contributed by atoms with E-state index in [0.717, 1.165) is 10.7 Å². The first kappa shape index (κ1) is 12.2. The lowest BCUT2D eigenvalue weighted by atomic mass is 10.0. The Morgan fingerprint density at radius 2 is 1.84 bits per heavy atom. The van der Waals surface area contributed by atoms with Gasteiger partial charge in [-0.3, -0.25) is 0 Å². The van der Waals surface area contributed by atoms with Crippen LogP contribution in [0.15, 0.2) is 54.0 Å². The van der Waals surface area contributed by atoms with Crippen LogP contribution in [0.2, 0.25) is 0 Å². The molecule has 3 heteroatoms. The van der Waals surface area contributed by atoms with Crippen molar-refractivity contribution in [3.05, 3.63) is 59.0 Å². The summed E-state index contributed by atoms with van der Waals surface area (Å²) in [6.45, 7) is 4.31. The Bertz CT molecular complexity index is 687. The molecule has 0 radical (unpaired) electrons. The van der Waals surface area contributed by atoms with Crippen molar-refractivity contribution in [3.8, 4) is 0 Å². The molecular weight excluding hydrogens is 252 g/mol. The number of fused-ring (bicyclic) bond motifs is 1. The van der Waals surface area contributed by atoms with E-state index in [2.05, 4.69) is 66.6 Å². The van der Waals surface area contributed by atoms with Crippen LogP contribution in [-0.2, 0) is 5.54 Å². The molecule has 3 rings (SSSR count). The standard InChI is InChI=1S/C16H16N2S/c1-16(2,15-17-9-10-19-15)18-14-8-7-12-5-3-4-6-13(12)11-14/h3-11,18H,1-2H3. The van der Waals surface area contributed by atoms with E-state index in [9.17, 15) is 0 Å². The fraction of sp³-hybridized carbons (Fsp3) is 0.188. The van der Waals surface area contributed by atoms with E-state index in [4.69, 9.17) is 0 Å². The highest BCUT2D eigenvalue weighted by Crippen LogP contribution is 2.28. The number of rotatable bonds is 3. The summed E-state index contributed by atoms with van der Waals surface area (Å²) in [5, 5.41) is 9.19. The molecule has 0 fully saturated rings. The van der Waals surface area contributed by atoms with Crippen molar-refractivity contribution < 1.29 is 0 Å². The van der Waals surface area contributed by atoms with Crippen LogP contribution in [0.25, 0.3) is 10.8 Å². The Morgan fingerprint density at radius 1 is 1.05 bits per heavy atom. The van der Waals surface area contributed by atoms with Crippen LogP contribution in [0, 0.1) is 0 Å². The van der Waals surface area contributed by atoms with Crippen molar-refractivity contribution in [3.63, 3.8) is 0 Å². The Balaban J connectivity index is 1.93. The van der Waals surface area contributed by atoms with Gasteiger partial charge in [-0.15, -0.1) is 11.3 Å². The summed E-state index contributed by atoms with van der Waals surface area (Å²) < 4.78 is 0. The molecule has 0 saturated heterocycles. The van der Waals surface area contributed by atoms with Crippen molar-refractivity contribution >= 4 is 27.8 Å². The second kappa shape index (κ2) is 4.67. The number of nitrogens with zero attached hydrogens (tertiary/aromatic N) is 1. The quantitative estimate of drug-likeness (QED) is 0.748. The topological polar surface area (TPSA) is 24.9 Å². The molecule has 0 aliphatic heterocycles. The molecule has 0 bridgehead atoms.